The van der Waals surface area contributed by atoms with Gasteiger partial charge in [-0.2, -0.15) is 0 Å². The lowest BCUT2D eigenvalue weighted by molar-refractivity contribution is 0.386. The zero-order valence-electron chi connectivity index (χ0n) is 8.31. The third kappa shape index (κ3) is 1.61. The monoisotopic (exact) mass is 200 g/mol. The van der Waals surface area contributed by atoms with Crippen LogP contribution in [0.1, 0.15) is 24.5 Å². The van der Waals surface area contributed by atoms with Gasteiger partial charge in [-0.25, -0.2) is 0 Å². The number of aromatic nitrogens is 1. The minimum atomic E-state index is 0.611. The molecule has 0 saturated heterocycles. The van der Waals surface area contributed by atoms with E-state index in [0.717, 1.165) is 22.7 Å². The zero-order valence-corrected chi connectivity index (χ0v) is 8.31. The molecule has 0 unspecified atom stereocenters. The van der Waals surface area contributed by atoms with Gasteiger partial charge in [0.05, 0.1) is 0 Å². The molecule has 3 heteroatoms. The van der Waals surface area contributed by atoms with Crippen molar-refractivity contribution in [3.63, 3.8) is 0 Å². The molecule has 0 radical (unpaired) electrons. The minimum Gasteiger partial charge on any atom is -0.399 e. The van der Waals surface area contributed by atoms with Crippen LogP contribution in [0, 0.1) is 0 Å². The van der Waals surface area contributed by atoms with Crippen molar-refractivity contribution in [2.75, 3.05) is 5.73 Å². The topological polar surface area (TPSA) is 52.0 Å². The molecule has 2 aromatic rings. The summed E-state index contributed by atoms with van der Waals surface area (Å²) in [5.74, 6) is 1.63. The highest BCUT2D eigenvalue weighted by Gasteiger charge is 2.27. The molecular weight excluding hydrogens is 188 g/mol. The highest BCUT2D eigenvalue weighted by Crippen LogP contribution is 2.41. The molecule has 3 nitrogen and oxygen atoms in total. The summed E-state index contributed by atoms with van der Waals surface area (Å²) in [7, 11) is 0. The van der Waals surface area contributed by atoms with Gasteiger partial charge in [-0.1, -0.05) is 17.3 Å². The van der Waals surface area contributed by atoms with E-state index in [4.69, 9.17) is 10.3 Å². The van der Waals surface area contributed by atoms with Crippen LogP contribution < -0.4 is 5.73 Å². The SMILES string of the molecule is Nc1ccc(-c2cc(C3CC3)on2)cc1. The van der Waals surface area contributed by atoms with E-state index >= 15 is 0 Å². The molecule has 1 heterocycles. The average Bonchev–Trinajstić information content (AvgIpc) is 2.99. The van der Waals surface area contributed by atoms with E-state index in [-0.39, 0.29) is 0 Å². The second-order valence-corrected chi connectivity index (χ2v) is 4.01. The lowest BCUT2D eigenvalue weighted by atomic mass is 10.1. The Morgan fingerprint density at radius 2 is 1.93 bits per heavy atom. The second-order valence-electron chi connectivity index (χ2n) is 4.01. The van der Waals surface area contributed by atoms with E-state index in [1.54, 1.807) is 0 Å². The molecule has 0 aliphatic heterocycles. The summed E-state index contributed by atoms with van der Waals surface area (Å²) < 4.78 is 5.29. The maximum Gasteiger partial charge on any atom is 0.140 e. The van der Waals surface area contributed by atoms with E-state index in [0.29, 0.717) is 5.92 Å². The summed E-state index contributed by atoms with van der Waals surface area (Å²) in [4.78, 5) is 0. The third-order valence-corrected chi connectivity index (χ3v) is 2.71. The second kappa shape index (κ2) is 3.12. The number of hydrogen-bond acceptors (Lipinski definition) is 3. The molecule has 1 fully saturated rings. The van der Waals surface area contributed by atoms with E-state index in [2.05, 4.69) is 5.16 Å². The van der Waals surface area contributed by atoms with Gasteiger partial charge in [0.2, 0.25) is 0 Å². The molecule has 0 spiro atoms. The maximum atomic E-state index is 5.62. The van der Waals surface area contributed by atoms with Crippen LogP contribution in [-0.4, -0.2) is 5.16 Å². The standard InChI is InChI=1S/C12H12N2O/c13-10-5-3-8(4-6-10)11-7-12(15-14-11)9-1-2-9/h3-7,9H,1-2,13H2. The first kappa shape index (κ1) is 8.53. The van der Waals surface area contributed by atoms with Crippen LogP contribution in [0.2, 0.25) is 0 Å². The highest BCUT2D eigenvalue weighted by molar-refractivity contribution is 5.61. The molecule has 1 aliphatic rings. The van der Waals surface area contributed by atoms with Crippen molar-refractivity contribution < 1.29 is 4.52 Å². The summed E-state index contributed by atoms with van der Waals surface area (Å²) in [6.45, 7) is 0. The first-order chi connectivity index (χ1) is 7.33. The van der Waals surface area contributed by atoms with Crippen molar-refractivity contribution in [3.05, 3.63) is 36.1 Å². The van der Waals surface area contributed by atoms with Gasteiger partial charge in [0.15, 0.2) is 0 Å². The molecule has 2 N–H and O–H groups in total. The fraction of sp³-hybridized carbons (Fsp3) is 0.250. The van der Waals surface area contributed by atoms with Crippen molar-refractivity contribution in [2.45, 2.75) is 18.8 Å². The molecule has 1 aromatic heterocycles. The van der Waals surface area contributed by atoms with Gasteiger partial charge in [0, 0.05) is 23.2 Å². The predicted molar refractivity (Wildman–Crippen MR) is 58.3 cm³/mol. The highest BCUT2D eigenvalue weighted by atomic mass is 16.5. The van der Waals surface area contributed by atoms with Crippen molar-refractivity contribution in [1.82, 2.24) is 5.16 Å². The molecule has 0 bridgehead atoms. The lowest BCUT2D eigenvalue weighted by Gasteiger charge is -1.95. The molecule has 1 aliphatic carbocycles. The van der Waals surface area contributed by atoms with Crippen LogP contribution in [0.15, 0.2) is 34.9 Å². The Morgan fingerprint density at radius 1 is 1.20 bits per heavy atom. The van der Waals surface area contributed by atoms with Gasteiger partial charge in [-0.3, -0.25) is 0 Å². The third-order valence-electron chi connectivity index (χ3n) is 2.71. The lowest BCUT2D eigenvalue weighted by Crippen LogP contribution is -1.83. The molecule has 1 saturated carbocycles. The van der Waals surface area contributed by atoms with Crippen LogP contribution >= 0.6 is 0 Å². The van der Waals surface area contributed by atoms with Crippen molar-refractivity contribution in [1.29, 1.82) is 0 Å². The van der Waals surface area contributed by atoms with Gasteiger partial charge in [0.25, 0.3) is 0 Å². The molecular formula is C12H12N2O. The van der Waals surface area contributed by atoms with E-state index in [1.807, 2.05) is 30.3 Å². The number of anilines is 1. The Labute approximate surface area is 87.9 Å². The van der Waals surface area contributed by atoms with Gasteiger partial charge >= 0.3 is 0 Å². The minimum absolute atomic E-state index is 0.611. The number of nitrogens with two attached hydrogens (primary N) is 1. The Morgan fingerprint density at radius 3 is 2.60 bits per heavy atom. The zero-order chi connectivity index (χ0) is 10.3. The maximum absolute atomic E-state index is 5.62. The van der Waals surface area contributed by atoms with Crippen molar-refractivity contribution >= 4 is 5.69 Å². The van der Waals surface area contributed by atoms with Gasteiger partial charge in [-0.05, 0) is 25.0 Å². The summed E-state index contributed by atoms with van der Waals surface area (Å²) in [5.41, 5.74) is 8.35. The smallest absolute Gasteiger partial charge is 0.140 e. The Bertz CT molecular complexity index is 469. The quantitative estimate of drug-likeness (QED) is 0.758. The van der Waals surface area contributed by atoms with E-state index < -0.39 is 0 Å². The summed E-state index contributed by atoms with van der Waals surface area (Å²) in [5, 5.41) is 4.06. The van der Waals surface area contributed by atoms with Crippen molar-refractivity contribution in [2.24, 2.45) is 0 Å². The van der Waals surface area contributed by atoms with Crippen LogP contribution in [0.3, 0.4) is 0 Å². The number of nitrogens with zero attached hydrogens (tertiary/aromatic N) is 1. The number of rotatable bonds is 2. The molecule has 15 heavy (non-hydrogen) atoms. The molecule has 76 valence electrons. The molecule has 0 amide bonds. The number of hydrogen-bond donors (Lipinski definition) is 1. The number of nitrogen functional groups attached to an aromatic ring is 1. The van der Waals surface area contributed by atoms with Gasteiger partial charge < -0.3 is 10.3 Å². The molecule has 3 rings (SSSR count). The fourth-order valence-electron chi connectivity index (χ4n) is 1.64. The first-order valence-electron chi connectivity index (χ1n) is 5.15. The number of benzene rings is 1. The predicted octanol–water partition coefficient (Wildman–Crippen LogP) is 2.80. The van der Waals surface area contributed by atoms with E-state index in [1.165, 1.54) is 12.8 Å². The Balaban J connectivity index is 1.93. The van der Waals surface area contributed by atoms with Crippen LogP contribution in [0.5, 0.6) is 0 Å². The molecule has 1 aromatic carbocycles. The van der Waals surface area contributed by atoms with Crippen LogP contribution in [-0.2, 0) is 0 Å². The van der Waals surface area contributed by atoms with E-state index in [9.17, 15) is 0 Å². The normalized spacial score (nSPS) is 15.5. The van der Waals surface area contributed by atoms with Gasteiger partial charge in [0.1, 0.15) is 11.5 Å². The van der Waals surface area contributed by atoms with Crippen LogP contribution in [0.25, 0.3) is 11.3 Å². The van der Waals surface area contributed by atoms with Crippen LogP contribution in [0.4, 0.5) is 5.69 Å². The fourth-order valence-corrected chi connectivity index (χ4v) is 1.64. The Hall–Kier alpha value is -1.77. The average molecular weight is 200 g/mol. The molecule has 0 atom stereocenters. The van der Waals surface area contributed by atoms with Gasteiger partial charge in [-0.15, -0.1) is 0 Å². The van der Waals surface area contributed by atoms with Crippen molar-refractivity contribution in [3.8, 4) is 11.3 Å². The Kier molecular flexibility index (Phi) is 1.78. The summed E-state index contributed by atoms with van der Waals surface area (Å²) in [6.07, 6.45) is 2.47. The first-order valence-corrected chi connectivity index (χ1v) is 5.15. The summed E-state index contributed by atoms with van der Waals surface area (Å²) in [6, 6.07) is 9.71. The summed E-state index contributed by atoms with van der Waals surface area (Å²) >= 11 is 0. The largest absolute Gasteiger partial charge is 0.399 e.